The third-order valence-corrected chi connectivity index (χ3v) is 4.31. The number of hydrogen-bond acceptors (Lipinski definition) is 1. The van der Waals surface area contributed by atoms with Crippen LogP contribution in [0.1, 0.15) is 56.2 Å². The van der Waals surface area contributed by atoms with Crippen LogP contribution < -0.4 is 5.32 Å². The summed E-state index contributed by atoms with van der Waals surface area (Å²) in [5.41, 5.74) is 2.88. The normalized spacial score (nSPS) is 16.8. The van der Waals surface area contributed by atoms with Crippen molar-refractivity contribution in [3.05, 3.63) is 33.8 Å². The van der Waals surface area contributed by atoms with Crippen LogP contribution in [-0.4, -0.2) is 6.54 Å². The van der Waals surface area contributed by atoms with Crippen LogP contribution in [-0.2, 0) is 0 Å². The summed E-state index contributed by atoms with van der Waals surface area (Å²) in [6.45, 7) is 5.57. The van der Waals surface area contributed by atoms with E-state index in [1.165, 1.54) is 47.7 Å². The highest BCUT2D eigenvalue weighted by Crippen LogP contribution is 2.36. The van der Waals surface area contributed by atoms with Gasteiger partial charge in [-0.25, -0.2) is 0 Å². The fraction of sp³-hybridized carbons (Fsp3) is 0.625. The zero-order chi connectivity index (χ0) is 13.0. The van der Waals surface area contributed by atoms with E-state index in [1.54, 1.807) is 0 Å². The van der Waals surface area contributed by atoms with Gasteiger partial charge in [-0.05, 0) is 61.9 Å². The third kappa shape index (κ3) is 4.10. The summed E-state index contributed by atoms with van der Waals surface area (Å²) < 4.78 is 1.19. The molecule has 0 bridgehead atoms. The molecule has 0 spiro atoms. The fourth-order valence-electron chi connectivity index (χ4n) is 2.48. The molecule has 2 rings (SSSR count). The van der Waals surface area contributed by atoms with E-state index in [1.807, 2.05) is 0 Å². The highest BCUT2D eigenvalue weighted by molar-refractivity contribution is 9.10. The standard InChI is InChI=1S/C16H24BrN/c1-3-10-18-16(9-7-13-5-6-13)15-11-14(17)8-4-12(15)2/h4,8,11,13,16,18H,3,5-7,9-10H2,1-2H3. The first-order chi connectivity index (χ1) is 8.70. The molecule has 2 heteroatoms. The Morgan fingerprint density at radius 1 is 1.39 bits per heavy atom. The maximum atomic E-state index is 3.72. The Morgan fingerprint density at radius 3 is 2.83 bits per heavy atom. The summed E-state index contributed by atoms with van der Waals surface area (Å²) in [6.07, 6.45) is 6.78. The molecule has 1 atom stereocenters. The summed E-state index contributed by atoms with van der Waals surface area (Å²) in [5, 5.41) is 3.72. The molecule has 0 heterocycles. The molecule has 18 heavy (non-hydrogen) atoms. The number of nitrogens with one attached hydrogen (secondary N) is 1. The minimum atomic E-state index is 0.531. The first kappa shape index (κ1) is 14.1. The molecule has 1 aliphatic carbocycles. The van der Waals surface area contributed by atoms with E-state index in [0.717, 1.165) is 12.5 Å². The Bertz CT molecular complexity index is 385. The Balaban J connectivity index is 2.06. The van der Waals surface area contributed by atoms with Crippen LogP contribution in [0.2, 0.25) is 0 Å². The molecule has 100 valence electrons. The lowest BCUT2D eigenvalue weighted by Gasteiger charge is -2.21. The molecule has 1 aromatic rings. The van der Waals surface area contributed by atoms with Crippen molar-refractivity contribution < 1.29 is 0 Å². The van der Waals surface area contributed by atoms with E-state index in [4.69, 9.17) is 0 Å². The van der Waals surface area contributed by atoms with Crippen LogP contribution in [0.5, 0.6) is 0 Å². The van der Waals surface area contributed by atoms with Crippen LogP contribution >= 0.6 is 15.9 Å². The smallest absolute Gasteiger partial charge is 0.0323 e. The maximum Gasteiger partial charge on any atom is 0.0323 e. The molecule has 0 amide bonds. The van der Waals surface area contributed by atoms with Gasteiger partial charge in [-0.15, -0.1) is 0 Å². The summed E-state index contributed by atoms with van der Waals surface area (Å²) in [6, 6.07) is 7.17. The summed E-state index contributed by atoms with van der Waals surface area (Å²) in [4.78, 5) is 0. The zero-order valence-corrected chi connectivity index (χ0v) is 13.1. The average Bonchev–Trinajstić information content (AvgIpc) is 3.17. The SMILES string of the molecule is CCCNC(CCC1CC1)c1cc(Br)ccc1C. The topological polar surface area (TPSA) is 12.0 Å². The van der Waals surface area contributed by atoms with Crippen molar-refractivity contribution in [1.82, 2.24) is 5.32 Å². The van der Waals surface area contributed by atoms with Gasteiger partial charge >= 0.3 is 0 Å². The lowest BCUT2D eigenvalue weighted by molar-refractivity contribution is 0.468. The van der Waals surface area contributed by atoms with Gasteiger partial charge in [-0.2, -0.15) is 0 Å². The second-order valence-corrected chi connectivity index (χ2v) is 6.44. The van der Waals surface area contributed by atoms with Gasteiger partial charge in [0.25, 0.3) is 0 Å². The minimum absolute atomic E-state index is 0.531. The van der Waals surface area contributed by atoms with Crippen molar-refractivity contribution in [3.8, 4) is 0 Å². The van der Waals surface area contributed by atoms with Gasteiger partial charge in [0.15, 0.2) is 0 Å². The molecule has 1 saturated carbocycles. The van der Waals surface area contributed by atoms with Gasteiger partial charge in [0.1, 0.15) is 0 Å². The van der Waals surface area contributed by atoms with Crippen LogP contribution in [0.4, 0.5) is 0 Å². The van der Waals surface area contributed by atoms with E-state index >= 15 is 0 Å². The number of hydrogen-bond donors (Lipinski definition) is 1. The van der Waals surface area contributed by atoms with Crippen LogP contribution in [0.15, 0.2) is 22.7 Å². The third-order valence-electron chi connectivity index (χ3n) is 3.82. The van der Waals surface area contributed by atoms with E-state index in [2.05, 4.69) is 53.3 Å². The second-order valence-electron chi connectivity index (χ2n) is 5.53. The first-order valence-corrected chi connectivity index (χ1v) is 7.99. The molecule has 1 unspecified atom stereocenters. The van der Waals surface area contributed by atoms with E-state index < -0.39 is 0 Å². The van der Waals surface area contributed by atoms with Gasteiger partial charge in [-0.1, -0.05) is 41.8 Å². The van der Waals surface area contributed by atoms with Crippen LogP contribution in [0.25, 0.3) is 0 Å². The van der Waals surface area contributed by atoms with Crippen LogP contribution in [0.3, 0.4) is 0 Å². The van der Waals surface area contributed by atoms with Gasteiger partial charge in [0.05, 0.1) is 0 Å². The summed E-state index contributed by atoms with van der Waals surface area (Å²) in [7, 11) is 0. The molecule has 1 fully saturated rings. The summed E-state index contributed by atoms with van der Waals surface area (Å²) in [5.74, 6) is 1.02. The van der Waals surface area contributed by atoms with Gasteiger partial charge in [-0.3, -0.25) is 0 Å². The van der Waals surface area contributed by atoms with Crippen molar-refractivity contribution in [3.63, 3.8) is 0 Å². The van der Waals surface area contributed by atoms with Crippen molar-refractivity contribution in [1.29, 1.82) is 0 Å². The maximum absolute atomic E-state index is 3.72. The Labute approximate surface area is 119 Å². The molecule has 0 radical (unpaired) electrons. The molecule has 1 aromatic carbocycles. The highest BCUT2D eigenvalue weighted by Gasteiger charge is 2.23. The van der Waals surface area contributed by atoms with Crippen molar-refractivity contribution >= 4 is 15.9 Å². The predicted octanol–water partition coefficient (Wildman–Crippen LogP) is 4.99. The van der Waals surface area contributed by atoms with E-state index in [0.29, 0.717) is 6.04 Å². The highest BCUT2D eigenvalue weighted by atomic mass is 79.9. The fourth-order valence-corrected chi connectivity index (χ4v) is 2.86. The minimum Gasteiger partial charge on any atom is -0.310 e. The van der Waals surface area contributed by atoms with Crippen molar-refractivity contribution in [2.24, 2.45) is 5.92 Å². The quantitative estimate of drug-likeness (QED) is 0.748. The number of aryl methyl sites for hydroxylation is 1. The Hall–Kier alpha value is -0.340. The largest absolute Gasteiger partial charge is 0.310 e. The van der Waals surface area contributed by atoms with Crippen LogP contribution in [0, 0.1) is 12.8 Å². The average molecular weight is 310 g/mol. The van der Waals surface area contributed by atoms with E-state index in [9.17, 15) is 0 Å². The van der Waals surface area contributed by atoms with Gasteiger partial charge in [0.2, 0.25) is 0 Å². The molecular weight excluding hydrogens is 286 g/mol. The molecule has 0 saturated heterocycles. The Kier molecular flexibility index (Phi) is 5.25. The van der Waals surface area contributed by atoms with Crippen molar-refractivity contribution in [2.75, 3.05) is 6.54 Å². The summed E-state index contributed by atoms with van der Waals surface area (Å²) >= 11 is 3.60. The Morgan fingerprint density at radius 2 is 2.17 bits per heavy atom. The number of rotatable bonds is 7. The zero-order valence-electron chi connectivity index (χ0n) is 11.5. The molecule has 0 aliphatic heterocycles. The van der Waals surface area contributed by atoms with Gasteiger partial charge < -0.3 is 5.32 Å². The molecule has 1 nitrogen and oxygen atoms in total. The first-order valence-electron chi connectivity index (χ1n) is 7.20. The lowest BCUT2D eigenvalue weighted by Crippen LogP contribution is -2.23. The van der Waals surface area contributed by atoms with Gasteiger partial charge in [0, 0.05) is 10.5 Å². The van der Waals surface area contributed by atoms with Crippen molar-refractivity contribution in [2.45, 2.75) is 52.0 Å². The lowest BCUT2D eigenvalue weighted by atomic mass is 9.96. The number of benzene rings is 1. The molecule has 1 aliphatic rings. The molecular formula is C16H24BrN. The van der Waals surface area contributed by atoms with E-state index in [-0.39, 0.29) is 0 Å². The molecule has 0 aromatic heterocycles. The predicted molar refractivity (Wildman–Crippen MR) is 81.9 cm³/mol. The molecule has 1 N–H and O–H groups in total. The number of halogens is 1. The second kappa shape index (κ2) is 6.72. The monoisotopic (exact) mass is 309 g/mol.